The first-order chi connectivity index (χ1) is 12.4. The molecule has 0 bridgehead atoms. The molecule has 1 aromatic carbocycles. The number of ether oxygens (including phenoxy) is 1. The van der Waals surface area contributed by atoms with Gasteiger partial charge in [0, 0.05) is 37.0 Å². The lowest BCUT2D eigenvalue weighted by Crippen LogP contribution is -2.50. The van der Waals surface area contributed by atoms with E-state index in [1.165, 1.54) is 17.4 Å². The second-order valence-electron chi connectivity index (χ2n) is 6.08. The molecule has 136 valence electrons. The number of rotatable bonds is 4. The molecule has 2 aromatic heterocycles. The molecule has 1 fully saturated rings. The minimum atomic E-state index is -4.06. The molecule has 4 rings (SSSR count). The molecule has 6 nitrogen and oxygen atoms in total. The third-order valence-corrected chi connectivity index (χ3v) is 8.88. The van der Waals surface area contributed by atoms with E-state index in [1.54, 1.807) is 23.5 Å². The van der Waals surface area contributed by atoms with E-state index in [9.17, 15) is 18.3 Å². The van der Waals surface area contributed by atoms with Gasteiger partial charge in [0.05, 0.1) is 15.1 Å². The Balaban J connectivity index is 1.81. The lowest BCUT2D eigenvalue weighted by molar-refractivity contribution is -0.142. The van der Waals surface area contributed by atoms with Gasteiger partial charge in [-0.15, -0.1) is 11.3 Å². The number of fused-ring (bicyclic) bond motifs is 1. The highest BCUT2D eigenvalue weighted by Gasteiger charge is 2.52. The normalized spacial score (nSPS) is 17.4. The predicted octanol–water partition coefficient (Wildman–Crippen LogP) is 3.43. The number of sulfone groups is 1. The van der Waals surface area contributed by atoms with E-state index in [2.05, 4.69) is 4.98 Å². The zero-order valence-corrected chi connectivity index (χ0v) is 16.0. The van der Waals surface area contributed by atoms with E-state index in [0.29, 0.717) is 5.52 Å². The molecule has 0 radical (unpaired) electrons. The number of thiazole rings is 1. The smallest absolute Gasteiger partial charge is 0.325 e. The molecule has 0 aliphatic carbocycles. The van der Waals surface area contributed by atoms with Crippen molar-refractivity contribution in [2.24, 2.45) is 0 Å². The highest BCUT2D eigenvalue weighted by Crippen LogP contribution is 2.38. The van der Waals surface area contributed by atoms with Crippen molar-refractivity contribution < 1.29 is 23.1 Å². The third-order valence-electron chi connectivity index (χ3n) is 4.64. The standard InChI is InChI=1S/C17H15NO5S3/c19-16(20)17(4-6-23-7-5-17)26(21,22)12-1-2-13-14(9-12)25-15(18-13)11-3-8-24-10-11/h1-3,8-10H,4-7H2,(H,19,20). The van der Waals surface area contributed by atoms with Crippen molar-refractivity contribution in [2.75, 3.05) is 13.2 Å². The van der Waals surface area contributed by atoms with Gasteiger partial charge in [-0.3, -0.25) is 4.79 Å². The van der Waals surface area contributed by atoms with Crippen LogP contribution < -0.4 is 0 Å². The Bertz CT molecular complexity index is 1060. The van der Waals surface area contributed by atoms with Crippen LogP contribution in [0.3, 0.4) is 0 Å². The van der Waals surface area contributed by atoms with Gasteiger partial charge >= 0.3 is 5.97 Å². The quantitative estimate of drug-likeness (QED) is 0.710. The Morgan fingerprint density at radius 1 is 1.23 bits per heavy atom. The molecule has 1 N–H and O–H groups in total. The van der Waals surface area contributed by atoms with Crippen LogP contribution in [0.2, 0.25) is 0 Å². The lowest BCUT2D eigenvalue weighted by Gasteiger charge is -2.32. The van der Waals surface area contributed by atoms with Gasteiger partial charge in [0.1, 0.15) is 5.01 Å². The van der Waals surface area contributed by atoms with Gasteiger partial charge < -0.3 is 9.84 Å². The number of hydrogen-bond acceptors (Lipinski definition) is 7. The number of hydrogen-bond donors (Lipinski definition) is 1. The van der Waals surface area contributed by atoms with E-state index in [4.69, 9.17) is 4.74 Å². The first kappa shape index (κ1) is 17.6. The molecule has 0 amide bonds. The van der Waals surface area contributed by atoms with Crippen LogP contribution >= 0.6 is 22.7 Å². The van der Waals surface area contributed by atoms with E-state index in [-0.39, 0.29) is 31.0 Å². The molecular formula is C17H15NO5S3. The monoisotopic (exact) mass is 409 g/mol. The lowest BCUT2D eigenvalue weighted by atomic mass is 9.99. The maximum atomic E-state index is 13.2. The maximum Gasteiger partial charge on any atom is 0.325 e. The van der Waals surface area contributed by atoms with Gasteiger partial charge in [-0.2, -0.15) is 11.3 Å². The fraction of sp³-hybridized carbons (Fsp3) is 0.294. The summed E-state index contributed by atoms with van der Waals surface area (Å²) in [6.45, 7) is 0.243. The summed E-state index contributed by atoms with van der Waals surface area (Å²) in [5.41, 5.74) is 1.69. The third kappa shape index (κ3) is 2.66. The van der Waals surface area contributed by atoms with Crippen molar-refractivity contribution in [2.45, 2.75) is 22.5 Å². The summed E-state index contributed by atoms with van der Waals surface area (Å²) in [6.07, 6.45) is -0.100. The van der Waals surface area contributed by atoms with Crippen LogP contribution in [0.5, 0.6) is 0 Å². The summed E-state index contributed by atoms with van der Waals surface area (Å²) in [5.74, 6) is -1.32. The van der Waals surface area contributed by atoms with Crippen molar-refractivity contribution >= 4 is 48.7 Å². The van der Waals surface area contributed by atoms with Crippen LogP contribution in [0.15, 0.2) is 39.9 Å². The van der Waals surface area contributed by atoms with Crippen LogP contribution in [0.1, 0.15) is 12.8 Å². The molecule has 1 aliphatic heterocycles. The molecule has 1 aliphatic rings. The summed E-state index contributed by atoms with van der Waals surface area (Å²) in [4.78, 5) is 16.4. The topological polar surface area (TPSA) is 93.6 Å². The molecule has 0 spiro atoms. The number of carboxylic acids is 1. The van der Waals surface area contributed by atoms with Crippen LogP contribution in [0, 0.1) is 0 Å². The predicted molar refractivity (Wildman–Crippen MR) is 101 cm³/mol. The zero-order chi connectivity index (χ0) is 18.4. The van der Waals surface area contributed by atoms with E-state index in [1.807, 2.05) is 16.8 Å². The molecule has 0 saturated carbocycles. The Morgan fingerprint density at radius 3 is 2.65 bits per heavy atom. The summed E-state index contributed by atoms with van der Waals surface area (Å²) >= 11 is 2.97. The Hall–Kier alpha value is -1.81. The number of carboxylic acid groups (broad SMARTS) is 1. The largest absolute Gasteiger partial charge is 0.480 e. The molecule has 0 atom stereocenters. The number of aromatic nitrogens is 1. The molecule has 3 heterocycles. The SMILES string of the molecule is O=C(O)C1(S(=O)(=O)c2ccc3nc(-c4ccsc4)sc3c2)CCOCC1. The number of carbonyl (C=O) groups is 1. The second kappa shape index (κ2) is 6.41. The summed E-state index contributed by atoms with van der Waals surface area (Å²) < 4.78 is 30.4. The van der Waals surface area contributed by atoms with E-state index >= 15 is 0 Å². The number of benzene rings is 1. The van der Waals surface area contributed by atoms with Crippen molar-refractivity contribution in [3.05, 3.63) is 35.0 Å². The van der Waals surface area contributed by atoms with E-state index < -0.39 is 20.6 Å². The second-order valence-corrected chi connectivity index (χ2v) is 10.1. The van der Waals surface area contributed by atoms with Gasteiger partial charge in [-0.25, -0.2) is 13.4 Å². The molecule has 9 heteroatoms. The summed E-state index contributed by atoms with van der Waals surface area (Å²) in [5, 5.41) is 14.4. The Labute approximate surface area is 158 Å². The van der Waals surface area contributed by atoms with Crippen LogP contribution in [-0.4, -0.2) is 42.4 Å². The molecule has 26 heavy (non-hydrogen) atoms. The fourth-order valence-electron chi connectivity index (χ4n) is 3.11. The number of aliphatic carboxylic acids is 1. The Morgan fingerprint density at radius 2 is 2.00 bits per heavy atom. The van der Waals surface area contributed by atoms with Gasteiger partial charge in [0.2, 0.25) is 0 Å². The molecule has 0 unspecified atom stereocenters. The summed E-state index contributed by atoms with van der Waals surface area (Å²) in [7, 11) is -4.06. The zero-order valence-electron chi connectivity index (χ0n) is 13.5. The van der Waals surface area contributed by atoms with Crippen molar-refractivity contribution in [3.8, 4) is 10.6 Å². The first-order valence-electron chi connectivity index (χ1n) is 7.93. The summed E-state index contributed by atoms with van der Waals surface area (Å²) in [6, 6.07) is 6.60. The van der Waals surface area contributed by atoms with Crippen molar-refractivity contribution in [3.63, 3.8) is 0 Å². The highest BCUT2D eigenvalue weighted by molar-refractivity contribution is 7.93. The van der Waals surface area contributed by atoms with Crippen LogP contribution in [0.25, 0.3) is 20.8 Å². The van der Waals surface area contributed by atoms with Crippen LogP contribution in [-0.2, 0) is 19.4 Å². The molecular weight excluding hydrogens is 394 g/mol. The van der Waals surface area contributed by atoms with E-state index in [0.717, 1.165) is 15.3 Å². The maximum absolute atomic E-state index is 13.2. The fourth-order valence-corrected chi connectivity index (χ4v) is 6.80. The average Bonchev–Trinajstić information content (AvgIpc) is 3.30. The Kier molecular flexibility index (Phi) is 4.34. The van der Waals surface area contributed by atoms with Crippen molar-refractivity contribution in [1.82, 2.24) is 4.98 Å². The van der Waals surface area contributed by atoms with Gasteiger partial charge in [0.25, 0.3) is 0 Å². The number of nitrogens with zero attached hydrogens (tertiary/aromatic N) is 1. The van der Waals surface area contributed by atoms with Gasteiger partial charge in [-0.05, 0) is 29.6 Å². The van der Waals surface area contributed by atoms with Gasteiger partial charge in [0.15, 0.2) is 14.6 Å². The highest BCUT2D eigenvalue weighted by atomic mass is 32.2. The van der Waals surface area contributed by atoms with Crippen molar-refractivity contribution in [1.29, 1.82) is 0 Å². The minimum Gasteiger partial charge on any atom is -0.480 e. The van der Waals surface area contributed by atoms with Crippen LogP contribution in [0.4, 0.5) is 0 Å². The minimum absolute atomic E-state index is 0.0230. The first-order valence-corrected chi connectivity index (χ1v) is 11.2. The molecule has 1 saturated heterocycles. The number of thiophene rings is 1. The molecule has 3 aromatic rings. The average molecular weight is 410 g/mol. The van der Waals surface area contributed by atoms with Gasteiger partial charge in [-0.1, -0.05) is 0 Å².